The number of hydrogen-bond donors (Lipinski definition) is 0. The van der Waals surface area contributed by atoms with Crippen molar-refractivity contribution in [2.75, 3.05) is 32.4 Å². The van der Waals surface area contributed by atoms with Gasteiger partial charge in [0.25, 0.3) is 0 Å². The summed E-state index contributed by atoms with van der Waals surface area (Å²) in [6.45, 7) is 15.8. The molecule has 0 aliphatic carbocycles. The van der Waals surface area contributed by atoms with E-state index in [9.17, 15) is 8.42 Å². The van der Waals surface area contributed by atoms with E-state index in [1.165, 1.54) is 13.0 Å². The number of aromatic nitrogens is 2. The summed E-state index contributed by atoms with van der Waals surface area (Å²) in [4.78, 5) is 9.28. The van der Waals surface area contributed by atoms with E-state index in [0.29, 0.717) is 24.3 Å². The molecular weight excluding hydrogens is 396 g/mol. The minimum Gasteiger partial charge on any atom is -0.318 e. The number of likely N-dealkylation sites (tertiary alicyclic amines) is 1. The Labute approximate surface area is 185 Å². The van der Waals surface area contributed by atoms with E-state index < -0.39 is 9.84 Å². The SMILES string of the molecule is CCCCn1c(CN(C)C[C@H]2CCN(C(C)C)C2)cnc1S(=O)(=O)CCCC(C)C. The molecule has 1 aromatic heterocycles. The van der Waals surface area contributed by atoms with Crippen molar-refractivity contribution in [3.63, 3.8) is 0 Å². The molecule has 1 atom stereocenters. The molecule has 6 nitrogen and oxygen atoms in total. The average Bonchev–Trinajstić information content (AvgIpc) is 3.27. The van der Waals surface area contributed by atoms with Gasteiger partial charge in [-0.25, -0.2) is 13.4 Å². The Hall–Kier alpha value is -0.920. The Balaban J connectivity index is 2.06. The van der Waals surface area contributed by atoms with Gasteiger partial charge in [0, 0.05) is 32.2 Å². The fourth-order valence-electron chi connectivity index (χ4n) is 4.36. The highest BCUT2D eigenvalue weighted by Gasteiger charge is 2.27. The Morgan fingerprint density at radius 2 is 1.97 bits per heavy atom. The fourth-order valence-corrected chi connectivity index (χ4v) is 5.84. The van der Waals surface area contributed by atoms with Gasteiger partial charge in [-0.1, -0.05) is 27.2 Å². The van der Waals surface area contributed by atoms with Crippen molar-refractivity contribution in [3.8, 4) is 0 Å². The van der Waals surface area contributed by atoms with Crippen LogP contribution >= 0.6 is 0 Å². The highest BCUT2D eigenvalue weighted by atomic mass is 32.2. The summed E-state index contributed by atoms with van der Waals surface area (Å²) < 4.78 is 27.9. The highest BCUT2D eigenvalue weighted by molar-refractivity contribution is 7.91. The lowest BCUT2D eigenvalue weighted by Crippen LogP contribution is -2.31. The maximum Gasteiger partial charge on any atom is 0.227 e. The van der Waals surface area contributed by atoms with Crippen LogP contribution in [0.5, 0.6) is 0 Å². The predicted octanol–water partition coefficient (Wildman–Crippen LogP) is 4.06. The monoisotopic (exact) mass is 440 g/mol. The summed E-state index contributed by atoms with van der Waals surface area (Å²) >= 11 is 0. The summed E-state index contributed by atoms with van der Waals surface area (Å²) in [5.74, 6) is 1.39. The van der Waals surface area contributed by atoms with Crippen molar-refractivity contribution in [1.82, 2.24) is 19.4 Å². The first-order valence-corrected chi connectivity index (χ1v) is 13.5. The fraction of sp³-hybridized carbons (Fsp3) is 0.870. The summed E-state index contributed by atoms with van der Waals surface area (Å²) in [5.41, 5.74) is 1.02. The topological polar surface area (TPSA) is 58.4 Å². The van der Waals surface area contributed by atoms with Crippen molar-refractivity contribution >= 4 is 9.84 Å². The molecule has 0 spiro atoms. The zero-order valence-electron chi connectivity index (χ0n) is 20.1. The molecule has 174 valence electrons. The van der Waals surface area contributed by atoms with Crippen LogP contribution in [0.1, 0.15) is 72.4 Å². The minimum absolute atomic E-state index is 0.191. The molecule has 0 amide bonds. The van der Waals surface area contributed by atoms with Gasteiger partial charge in [0.15, 0.2) is 0 Å². The minimum atomic E-state index is -3.34. The molecule has 0 radical (unpaired) electrons. The number of unbranched alkanes of at least 4 members (excludes halogenated alkanes) is 1. The molecule has 7 heteroatoms. The van der Waals surface area contributed by atoms with Gasteiger partial charge in [0.2, 0.25) is 15.0 Å². The maximum absolute atomic E-state index is 13.0. The number of imidazole rings is 1. The molecule has 1 aromatic rings. The predicted molar refractivity (Wildman–Crippen MR) is 124 cm³/mol. The van der Waals surface area contributed by atoms with E-state index >= 15 is 0 Å². The third kappa shape index (κ3) is 7.34. The zero-order chi connectivity index (χ0) is 22.3. The molecule has 0 saturated carbocycles. The van der Waals surface area contributed by atoms with E-state index in [-0.39, 0.29) is 10.9 Å². The van der Waals surface area contributed by atoms with E-state index in [1.807, 2.05) is 4.57 Å². The first kappa shape index (κ1) is 25.3. The Kier molecular flexibility index (Phi) is 9.82. The summed E-state index contributed by atoms with van der Waals surface area (Å²) in [6, 6.07) is 0.610. The van der Waals surface area contributed by atoms with Crippen molar-refractivity contribution < 1.29 is 8.42 Å². The summed E-state index contributed by atoms with van der Waals surface area (Å²) in [5, 5.41) is 0.273. The van der Waals surface area contributed by atoms with E-state index in [2.05, 4.69) is 56.5 Å². The first-order valence-electron chi connectivity index (χ1n) is 11.8. The molecule has 2 heterocycles. The van der Waals surface area contributed by atoms with E-state index in [1.54, 1.807) is 6.20 Å². The Bertz CT molecular complexity index is 742. The molecule has 1 fully saturated rings. The zero-order valence-corrected chi connectivity index (χ0v) is 20.9. The van der Waals surface area contributed by atoms with Gasteiger partial charge in [-0.3, -0.25) is 0 Å². The number of rotatable bonds is 13. The standard InChI is InChI=1S/C23H44N4O2S/c1-7-8-12-27-22(15-24-23(27)30(28,29)14-9-10-19(2)3)18-25(6)16-21-11-13-26(17-21)20(4)5/h15,19-21H,7-14,16-18H2,1-6H3/t21-/m1/s1. The van der Waals surface area contributed by atoms with Gasteiger partial charge in [0.05, 0.1) is 17.6 Å². The van der Waals surface area contributed by atoms with Gasteiger partial charge < -0.3 is 14.4 Å². The molecule has 2 rings (SSSR count). The summed E-state index contributed by atoms with van der Waals surface area (Å²) in [6.07, 6.45) is 6.66. The number of sulfone groups is 1. The van der Waals surface area contributed by atoms with E-state index in [4.69, 9.17) is 0 Å². The molecule has 1 aliphatic heterocycles. The Morgan fingerprint density at radius 1 is 1.23 bits per heavy atom. The van der Waals surface area contributed by atoms with Crippen LogP contribution in [-0.4, -0.2) is 66.2 Å². The lowest BCUT2D eigenvalue weighted by Gasteiger charge is -2.23. The quantitative estimate of drug-likeness (QED) is 0.463. The summed E-state index contributed by atoms with van der Waals surface area (Å²) in [7, 11) is -1.20. The van der Waals surface area contributed by atoms with Crippen LogP contribution in [0, 0.1) is 11.8 Å². The van der Waals surface area contributed by atoms with Crippen LogP contribution in [0.2, 0.25) is 0 Å². The van der Waals surface area contributed by atoms with Crippen molar-refractivity contribution in [2.45, 2.75) is 91.0 Å². The van der Waals surface area contributed by atoms with Crippen molar-refractivity contribution in [1.29, 1.82) is 0 Å². The van der Waals surface area contributed by atoms with Crippen LogP contribution in [-0.2, 0) is 22.9 Å². The Morgan fingerprint density at radius 3 is 2.57 bits per heavy atom. The largest absolute Gasteiger partial charge is 0.318 e. The van der Waals surface area contributed by atoms with Gasteiger partial charge in [-0.15, -0.1) is 0 Å². The van der Waals surface area contributed by atoms with E-state index in [0.717, 1.165) is 51.1 Å². The van der Waals surface area contributed by atoms with Crippen LogP contribution < -0.4 is 0 Å². The lowest BCUT2D eigenvalue weighted by molar-refractivity contribution is 0.232. The third-order valence-corrected chi connectivity index (χ3v) is 7.87. The second-order valence-corrected chi connectivity index (χ2v) is 11.8. The van der Waals surface area contributed by atoms with Gasteiger partial charge in [-0.2, -0.15) is 0 Å². The number of hydrogen-bond acceptors (Lipinski definition) is 5. The van der Waals surface area contributed by atoms with Crippen LogP contribution in [0.4, 0.5) is 0 Å². The van der Waals surface area contributed by atoms with Crippen molar-refractivity contribution in [2.24, 2.45) is 11.8 Å². The van der Waals surface area contributed by atoms with Crippen LogP contribution in [0.25, 0.3) is 0 Å². The van der Waals surface area contributed by atoms with Crippen LogP contribution in [0.3, 0.4) is 0 Å². The third-order valence-electron chi connectivity index (χ3n) is 6.16. The average molecular weight is 441 g/mol. The normalized spacial score (nSPS) is 18.4. The first-order chi connectivity index (χ1) is 14.1. The molecule has 0 N–H and O–H groups in total. The lowest BCUT2D eigenvalue weighted by atomic mass is 10.1. The number of nitrogens with zero attached hydrogens (tertiary/aromatic N) is 4. The van der Waals surface area contributed by atoms with Crippen LogP contribution in [0.15, 0.2) is 11.4 Å². The molecule has 0 bridgehead atoms. The van der Waals surface area contributed by atoms with Crippen molar-refractivity contribution in [3.05, 3.63) is 11.9 Å². The van der Waals surface area contributed by atoms with Gasteiger partial charge >= 0.3 is 0 Å². The second kappa shape index (κ2) is 11.6. The molecule has 30 heavy (non-hydrogen) atoms. The molecule has 0 unspecified atom stereocenters. The van der Waals surface area contributed by atoms with Gasteiger partial charge in [-0.05, 0) is 65.0 Å². The maximum atomic E-state index is 13.0. The second-order valence-electron chi connectivity index (χ2n) is 9.83. The molecular formula is C23H44N4O2S. The molecule has 1 saturated heterocycles. The smallest absolute Gasteiger partial charge is 0.227 e. The molecule has 0 aromatic carbocycles. The highest BCUT2D eigenvalue weighted by Crippen LogP contribution is 2.21. The molecule has 1 aliphatic rings. The van der Waals surface area contributed by atoms with Gasteiger partial charge in [0.1, 0.15) is 0 Å².